The summed E-state index contributed by atoms with van der Waals surface area (Å²) in [5.41, 5.74) is 4.34. The van der Waals surface area contributed by atoms with Crippen molar-refractivity contribution in [3.05, 3.63) is 93.6 Å². The fraction of sp³-hybridized carbons (Fsp3) is 0.233. The van der Waals surface area contributed by atoms with E-state index in [0.717, 1.165) is 23.1 Å². The Labute approximate surface area is 239 Å². The average Bonchev–Trinajstić information content (AvgIpc) is 2.90. The number of carbonyl (C=O) groups excluding carboxylic acids is 1. The van der Waals surface area contributed by atoms with Gasteiger partial charge in [-0.2, -0.15) is 8.42 Å². The van der Waals surface area contributed by atoms with Crippen molar-refractivity contribution in [1.82, 2.24) is 14.7 Å². The fourth-order valence-corrected chi connectivity index (χ4v) is 5.31. The van der Waals surface area contributed by atoms with Crippen LogP contribution in [0.2, 0.25) is 5.02 Å². The van der Waals surface area contributed by atoms with E-state index in [1.165, 1.54) is 12.1 Å². The van der Waals surface area contributed by atoms with Crippen LogP contribution in [0.3, 0.4) is 0 Å². The highest BCUT2D eigenvalue weighted by molar-refractivity contribution is 7.90. The molecule has 2 aromatic heterocycles. The lowest BCUT2D eigenvalue weighted by atomic mass is 10.1. The van der Waals surface area contributed by atoms with E-state index in [2.05, 4.69) is 14.7 Å². The van der Waals surface area contributed by atoms with Crippen LogP contribution in [0, 0.1) is 27.7 Å². The summed E-state index contributed by atoms with van der Waals surface area (Å²) in [7, 11) is -4.25. The van der Waals surface area contributed by atoms with E-state index in [0.29, 0.717) is 40.1 Å². The van der Waals surface area contributed by atoms with Gasteiger partial charge in [-0.15, -0.1) is 0 Å². The predicted molar refractivity (Wildman–Crippen MR) is 155 cm³/mol. The summed E-state index contributed by atoms with van der Waals surface area (Å²) in [5, 5.41) is 0.199. The number of sulfonamides is 1. The number of carbonyl (C=O) groups is 1. The summed E-state index contributed by atoms with van der Waals surface area (Å²) in [4.78, 5) is 22.0. The van der Waals surface area contributed by atoms with Crippen LogP contribution in [0.4, 0.5) is 0 Å². The van der Waals surface area contributed by atoms with Crippen LogP contribution in [0.25, 0.3) is 11.3 Å². The molecule has 0 saturated carbocycles. The van der Waals surface area contributed by atoms with E-state index >= 15 is 0 Å². The van der Waals surface area contributed by atoms with Crippen LogP contribution in [-0.4, -0.2) is 30.9 Å². The Kier molecular flexibility index (Phi) is 8.76. The Morgan fingerprint density at radius 3 is 2.35 bits per heavy atom. The van der Waals surface area contributed by atoms with Gasteiger partial charge < -0.3 is 9.47 Å². The van der Waals surface area contributed by atoms with Crippen molar-refractivity contribution in [2.24, 2.45) is 0 Å². The Balaban J connectivity index is 1.78. The molecule has 10 heteroatoms. The molecular formula is C30H30ClN3O5S. The van der Waals surface area contributed by atoms with Crippen LogP contribution >= 0.6 is 11.6 Å². The van der Waals surface area contributed by atoms with Gasteiger partial charge in [0.25, 0.3) is 15.9 Å². The Hall–Kier alpha value is -3.95. The SMILES string of the molecule is CCCOc1cc(-c2ccc(C(=O)NS(=O)(=O)c3cccc(C)n3)c(Oc3c(C)cc(C)cc3C)n2)ccc1Cl. The number of nitrogens with zero attached hydrogens (tertiary/aromatic N) is 2. The Bertz CT molecular complexity index is 1670. The first-order valence-electron chi connectivity index (χ1n) is 12.7. The molecule has 0 aliphatic rings. The summed E-state index contributed by atoms with van der Waals surface area (Å²) in [6.45, 7) is 9.92. The Morgan fingerprint density at radius 2 is 1.68 bits per heavy atom. The molecule has 2 heterocycles. The second-order valence-corrected chi connectivity index (χ2v) is 11.5. The lowest BCUT2D eigenvalue weighted by molar-refractivity contribution is 0.0978. The van der Waals surface area contributed by atoms with Crippen molar-refractivity contribution < 1.29 is 22.7 Å². The largest absolute Gasteiger partial charge is 0.492 e. The van der Waals surface area contributed by atoms with Gasteiger partial charge >= 0.3 is 0 Å². The number of hydrogen-bond donors (Lipinski definition) is 1. The zero-order valence-corrected chi connectivity index (χ0v) is 24.5. The second-order valence-electron chi connectivity index (χ2n) is 9.42. The number of hydrogen-bond acceptors (Lipinski definition) is 7. The highest BCUT2D eigenvalue weighted by atomic mass is 35.5. The van der Waals surface area contributed by atoms with E-state index in [9.17, 15) is 13.2 Å². The molecule has 0 atom stereocenters. The molecule has 0 spiro atoms. The van der Waals surface area contributed by atoms with Gasteiger partial charge in [0.15, 0.2) is 5.03 Å². The maximum absolute atomic E-state index is 13.3. The first kappa shape index (κ1) is 29.0. The number of aryl methyl sites for hydroxylation is 4. The number of amides is 1. The number of aromatic nitrogens is 2. The maximum Gasteiger partial charge on any atom is 0.281 e. The van der Waals surface area contributed by atoms with Gasteiger partial charge in [0.1, 0.15) is 17.1 Å². The van der Waals surface area contributed by atoms with E-state index < -0.39 is 15.9 Å². The Morgan fingerprint density at radius 1 is 0.950 bits per heavy atom. The lowest BCUT2D eigenvalue weighted by Gasteiger charge is -2.16. The number of pyridine rings is 2. The summed E-state index contributed by atoms with van der Waals surface area (Å²) in [6, 6.07) is 16.8. The van der Waals surface area contributed by atoms with Crippen molar-refractivity contribution in [2.75, 3.05) is 6.61 Å². The molecule has 0 bridgehead atoms. The first-order chi connectivity index (χ1) is 19.0. The normalized spacial score (nSPS) is 11.2. The molecule has 1 amide bonds. The second kappa shape index (κ2) is 12.1. The minimum atomic E-state index is -4.25. The third-order valence-electron chi connectivity index (χ3n) is 5.96. The number of benzene rings is 2. The zero-order chi connectivity index (χ0) is 29.0. The third kappa shape index (κ3) is 6.60. The third-order valence-corrected chi connectivity index (χ3v) is 7.51. The molecule has 208 valence electrons. The number of nitrogens with one attached hydrogen (secondary N) is 1. The highest BCUT2D eigenvalue weighted by Crippen LogP contribution is 2.35. The van der Waals surface area contributed by atoms with E-state index in [4.69, 9.17) is 21.1 Å². The van der Waals surface area contributed by atoms with Gasteiger partial charge in [-0.05, 0) is 81.6 Å². The minimum absolute atomic E-state index is 0.0524. The first-order valence-corrected chi connectivity index (χ1v) is 14.5. The fourth-order valence-electron chi connectivity index (χ4n) is 4.16. The van der Waals surface area contributed by atoms with Gasteiger partial charge in [-0.3, -0.25) is 4.79 Å². The quantitative estimate of drug-likeness (QED) is 0.234. The minimum Gasteiger partial charge on any atom is -0.492 e. The van der Waals surface area contributed by atoms with Crippen molar-refractivity contribution in [3.8, 4) is 28.6 Å². The van der Waals surface area contributed by atoms with Crippen LogP contribution in [0.1, 0.15) is 46.1 Å². The molecule has 0 unspecified atom stereocenters. The molecule has 40 heavy (non-hydrogen) atoms. The van der Waals surface area contributed by atoms with Crippen molar-refractivity contribution in [3.63, 3.8) is 0 Å². The van der Waals surface area contributed by atoms with Crippen molar-refractivity contribution in [1.29, 1.82) is 0 Å². The molecule has 8 nitrogen and oxygen atoms in total. The van der Waals surface area contributed by atoms with Crippen LogP contribution in [-0.2, 0) is 10.0 Å². The molecule has 0 saturated heterocycles. The van der Waals surface area contributed by atoms with Crippen LogP contribution in [0.15, 0.2) is 65.7 Å². The summed E-state index contributed by atoms with van der Waals surface area (Å²) in [5.74, 6) is 0.0796. The monoisotopic (exact) mass is 579 g/mol. The average molecular weight is 580 g/mol. The van der Waals surface area contributed by atoms with Crippen molar-refractivity contribution >= 4 is 27.5 Å². The molecular weight excluding hydrogens is 550 g/mol. The van der Waals surface area contributed by atoms with Crippen LogP contribution in [0.5, 0.6) is 17.4 Å². The zero-order valence-electron chi connectivity index (χ0n) is 22.9. The predicted octanol–water partition coefficient (Wildman–Crippen LogP) is 6.73. The van der Waals surface area contributed by atoms with Gasteiger partial charge in [-0.25, -0.2) is 14.7 Å². The maximum atomic E-state index is 13.3. The number of halogens is 1. The lowest BCUT2D eigenvalue weighted by Crippen LogP contribution is -2.31. The smallest absolute Gasteiger partial charge is 0.281 e. The van der Waals surface area contributed by atoms with Gasteiger partial charge in [-0.1, -0.05) is 48.4 Å². The van der Waals surface area contributed by atoms with E-state index in [1.54, 1.807) is 43.3 Å². The molecule has 1 N–H and O–H groups in total. The van der Waals surface area contributed by atoms with Gasteiger partial charge in [0.05, 0.1) is 17.3 Å². The summed E-state index contributed by atoms with van der Waals surface area (Å²) in [6.07, 6.45) is 0.816. The molecule has 0 aliphatic heterocycles. The summed E-state index contributed by atoms with van der Waals surface area (Å²) < 4.78 is 40.0. The molecule has 2 aromatic carbocycles. The highest BCUT2D eigenvalue weighted by Gasteiger charge is 2.25. The molecule has 0 aliphatic carbocycles. The number of ether oxygens (including phenoxy) is 2. The topological polar surface area (TPSA) is 107 Å². The molecule has 0 radical (unpaired) electrons. The molecule has 4 rings (SSSR count). The number of rotatable bonds is 9. The standard InChI is InChI=1S/C30H30ClN3O5S/c1-6-14-38-26-17-22(10-12-24(26)31)25-13-11-23(29(35)34-40(36,37)27-9-7-8-21(5)32-27)30(33-25)39-28-19(3)15-18(2)16-20(28)4/h7-13,15-17H,6,14H2,1-5H3,(H,34,35). The molecule has 0 fully saturated rings. The summed E-state index contributed by atoms with van der Waals surface area (Å²) >= 11 is 6.31. The van der Waals surface area contributed by atoms with Crippen molar-refractivity contribution in [2.45, 2.75) is 46.1 Å². The van der Waals surface area contributed by atoms with Gasteiger partial charge in [0, 0.05) is 11.3 Å². The van der Waals surface area contributed by atoms with E-state index in [1.807, 2.05) is 39.8 Å². The molecule has 4 aromatic rings. The van der Waals surface area contributed by atoms with Gasteiger partial charge in [0.2, 0.25) is 5.88 Å². The van der Waals surface area contributed by atoms with Crippen LogP contribution < -0.4 is 14.2 Å². The van der Waals surface area contributed by atoms with E-state index in [-0.39, 0.29) is 16.5 Å².